The van der Waals surface area contributed by atoms with Crippen LogP contribution in [-0.4, -0.2) is 33.8 Å². The van der Waals surface area contributed by atoms with Gasteiger partial charge >= 0.3 is 6.09 Å². The van der Waals surface area contributed by atoms with Crippen LogP contribution in [-0.2, 0) is 12.8 Å². The molecule has 29 heavy (non-hydrogen) atoms. The van der Waals surface area contributed by atoms with Gasteiger partial charge in [-0.15, -0.1) is 0 Å². The Bertz CT molecular complexity index is 1040. The van der Waals surface area contributed by atoms with E-state index in [9.17, 15) is 9.59 Å². The number of carbonyl (C=O) groups is 1. The molecule has 0 bridgehead atoms. The molecule has 1 amide bonds. The highest BCUT2D eigenvalue weighted by molar-refractivity contribution is 5.71. The monoisotopic (exact) mass is 389 g/mol. The Morgan fingerprint density at radius 2 is 1.90 bits per heavy atom. The van der Waals surface area contributed by atoms with Gasteiger partial charge in [0, 0.05) is 24.2 Å². The summed E-state index contributed by atoms with van der Waals surface area (Å²) in [5.41, 5.74) is 3.90. The molecule has 3 aromatic rings. The van der Waals surface area contributed by atoms with Gasteiger partial charge in [-0.25, -0.2) is 9.89 Å². The fraction of sp³-hybridized carbons (Fsp3) is 0.261. The molecular formula is C23H23N3O3. The lowest BCUT2D eigenvalue weighted by atomic mass is 10.0. The van der Waals surface area contributed by atoms with Crippen molar-refractivity contribution in [3.05, 3.63) is 82.1 Å². The molecule has 0 radical (unpaired) electrons. The molecule has 0 aliphatic heterocycles. The number of carbonyl (C=O) groups excluding carboxylic acids is 1. The van der Waals surface area contributed by atoms with Gasteiger partial charge in [-0.1, -0.05) is 37.3 Å². The normalized spacial score (nSPS) is 15.0. The molecule has 1 atom stereocenters. The van der Waals surface area contributed by atoms with Gasteiger partial charge in [-0.3, -0.25) is 4.79 Å². The maximum absolute atomic E-state index is 12.8. The topological polar surface area (TPSA) is 75.3 Å². The predicted octanol–water partition coefficient (Wildman–Crippen LogP) is 3.82. The summed E-state index contributed by atoms with van der Waals surface area (Å²) >= 11 is 0. The van der Waals surface area contributed by atoms with E-state index in [1.165, 1.54) is 17.2 Å². The minimum atomic E-state index is -0.307. The average molecular weight is 389 g/mol. The molecule has 1 aromatic heterocycles. The summed E-state index contributed by atoms with van der Waals surface area (Å²) in [7, 11) is 0. The van der Waals surface area contributed by atoms with Gasteiger partial charge in [-0.05, 0) is 54.7 Å². The summed E-state index contributed by atoms with van der Waals surface area (Å²) in [5, 5.41) is 6.58. The molecule has 0 saturated carbocycles. The zero-order valence-corrected chi connectivity index (χ0v) is 16.3. The van der Waals surface area contributed by atoms with Gasteiger partial charge in [0.2, 0.25) is 0 Å². The van der Waals surface area contributed by atoms with Crippen molar-refractivity contribution in [2.75, 3.05) is 6.54 Å². The molecule has 6 heteroatoms. The Hall–Kier alpha value is -3.41. The summed E-state index contributed by atoms with van der Waals surface area (Å²) in [5.74, 6) is 0.556. The minimum absolute atomic E-state index is 0.0694. The number of nitrogens with zero attached hydrogens (tertiary/aromatic N) is 2. The van der Waals surface area contributed by atoms with Crippen molar-refractivity contribution in [3.63, 3.8) is 0 Å². The summed E-state index contributed by atoms with van der Waals surface area (Å²) in [6.07, 6.45) is 2.14. The molecule has 2 aromatic carbocycles. The Morgan fingerprint density at radius 3 is 2.62 bits per heavy atom. The van der Waals surface area contributed by atoms with Crippen LogP contribution >= 0.6 is 0 Å². The molecule has 1 N–H and O–H groups in total. The number of hydrogen-bond donors (Lipinski definition) is 1. The maximum atomic E-state index is 12.8. The largest absolute Gasteiger partial charge is 0.415 e. The summed E-state index contributed by atoms with van der Waals surface area (Å²) < 4.78 is 5.59. The number of aromatic amines is 1. The molecule has 1 heterocycles. The van der Waals surface area contributed by atoms with Crippen LogP contribution in [0.3, 0.4) is 0 Å². The molecule has 1 unspecified atom stereocenters. The first-order valence-electron chi connectivity index (χ1n) is 9.85. The minimum Gasteiger partial charge on any atom is -0.410 e. The maximum Gasteiger partial charge on any atom is 0.415 e. The Labute approximate surface area is 169 Å². The van der Waals surface area contributed by atoms with Crippen molar-refractivity contribution in [3.8, 4) is 17.0 Å². The number of rotatable bonds is 5. The van der Waals surface area contributed by atoms with Crippen LogP contribution in [0.4, 0.5) is 4.79 Å². The average Bonchev–Trinajstić information content (AvgIpc) is 3.16. The second-order valence-corrected chi connectivity index (χ2v) is 7.23. The number of benzene rings is 2. The van der Waals surface area contributed by atoms with Crippen molar-refractivity contribution < 1.29 is 9.53 Å². The van der Waals surface area contributed by atoms with Gasteiger partial charge in [0.1, 0.15) is 5.75 Å². The van der Waals surface area contributed by atoms with Crippen molar-refractivity contribution >= 4 is 6.09 Å². The van der Waals surface area contributed by atoms with Crippen LogP contribution < -0.4 is 10.3 Å². The first-order chi connectivity index (χ1) is 14.1. The molecule has 0 saturated heterocycles. The highest BCUT2D eigenvalue weighted by Gasteiger charge is 2.31. The van der Waals surface area contributed by atoms with Crippen molar-refractivity contribution in [1.82, 2.24) is 15.1 Å². The van der Waals surface area contributed by atoms with Gasteiger partial charge in [0.15, 0.2) is 0 Å². The number of aromatic nitrogens is 2. The molecule has 6 nitrogen and oxygen atoms in total. The summed E-state index contributed by atoms with van der Waals surface area (Å²) in [4.78, 5) is 25.9. The Kier molecular flexibility index (Phi) is 5.42. The lowest BCUT2D eigenvalue weighted by Crippen LogP contribution is -2.43. The van der Waals surface area contributed by atoms with Crippen LogP contribution in [0.15, 0.2) is 65.5 Å². The number of hydrogen-bond acceptors (Lipinski definition) is 4. The Balaban J connectivity index is 1.52. The quantitative estimate of drug-likeness (QED) is 0.720. The van der Waals surface area contributed by atoms with Crippen LogP contribution in [0.1, 0.15) is 24.5 Å². The summed E-state index contributed by atoms with van der Waals surface area (Å²) in [6.45, 7) is 2.71. The lowest BCUT2D eigenvalue weighted by Gasteiger charge is -2.27. The van der Waals surface area contributed by atoms with Crippen LogP contribution in [0.5, 0.6) is 5.75 Å². The van der Waals surface area contributed by atoms with Gasteiger partial charge in [-0.2, -0.15) is 5.10 Å². The fourth-order valence-electron chi connectivity index (χ4n) is 3.79. The highest BCUT2D eigenvalue weighted by atomic mass is 16.6. The molecule has 4 rings (SSSR count). The summed E-state index contributed by atoms with van der Waals surface area (Å²) in [6, 6.07) is 18.6. The smallest absolute Gasteiger partial charge is 0.410 e. The first-order valence-corrected chi connectivity index (χ1v) is 9.85. The van der Waals surface area contributed by atoms with E-state index in [0.717, 1.165) is 30.5 Å². The SMILES string of the molecule is CCCN(C(=O)Oc1ccccc1)C1Cc2ccc(-c3ccc(=O)[nH]n3)cc2C1. The molecular weight excluding hydrogens is 366 g/mol. The van der Waals surface area contributed by atoms with Gasteiger partial charge in [0.25, 0.3) is 5.56 Å². The molecule has 0 spiro atoms. The molecule has 148 valence electrons. The number of nitrogens with one attached hydrogen (secondary N) is 1. The zero-order chi connectivity index (χ0) is 20.2. The third kappa shape index (κ3) is 4.21. The number of H-pyrrole nitrogens is 1. The van der Waals surface area contributed by atoms with Crippen LogP contribution in [0.2, 0.25) is 0 Å². The van der Waals surface area contributed by atoms with Crippen LogP contribution in [0, 0.1) is 0 Å². The zero-order valence-electron chi connectivity index (χ0n) is 16.3. The van der Waals surface area contributed by atoms with E-state index < -0.39 is 0 Å². The highest BCUT2D eigenvalue weighted by Crippen LogP contribution is 2.30. The molecule has 0 fully saturated rings. The lowest BCUT2D eigenvalue weighted by molar-refractivity contribution is 0.133. The van der Waals surface area contributed by atoms with Gasteiger partial charge in [0.05, 0.1) is 5.69 Å². The number of fused-ring (bicyclic) bond motifs is 1. The standard InChI is InChI=1S/C23H23N3O3/c1-2-12-26(23(28)29-20-6-4-3-5-7-20)19-14-16-8-9-17(13-18(16)15-19)21-10-11-22(27)25-24-21/h3-11,13,19H,2,12,14-15H2,1H3,(H,25,27). The van der Waals surface area contributed by atoms with E-state index >= 15 is 0 Å². The Morgan fingerprint density at radius 1 is 1.10 bits per heavy atom. The van der Waals surface area contributed by atoms with Crippen molar-refractivity contribution in [2.45, 2.75) is 32.2 Å². The molecule has 1 aliphatic rings. The van der Waals surface area contributed by atoms with Crippen LogP contribution in [0.25, 0.3) is 11.3 Å². The van der Waals surface area contributed by atoms with Gasteiger partial charge < -0.3 is 9.64 Å². The number of ether oxygens (including phenoxy) is 1. The second kappa shape index (κ2) is 8.31. The van der Waals surface area contributed by atoms with Crippen molar-refractivity contribution in [2.24, 2.45) is 0 Å². The van der Waals surface area contributed by atoms with E-state index in [1.54, 1.807) is 18.2 Å². The fourth-order valence-corrected chi connectivity index (χ4v) is 3.79. The van der Waals surface area contributed by atoms with E-state index in [1.807, 2.05) is 29.2 Å². The third-order valence-corrected chi connectivity index (χ3v) is 5.18. The predicted molar refractivity (Wildman–Crippen MR) is 111 cm³/mol. The van der Waals surface area contributed by atoms with E-state index in [4.69, 9.17) is 4.74 Å². The second-order valence-electron chi connectivity index (χ2n) is 7.23. The third-order valence-electron chi connectivity index (χ3n) is 5.18. The van der Waals surface area contributed by atoms with E-state index in [2.05, 4.69) is 29.3 Å². The number of amides is 1. The number of para-hydroxylation sites is 1. The first kappa shape index (κ1) is 18.9. The van der Waals surface area contributed by atoms with E-state index in [0.29, 0.717) is 12.3 Å². The van der Waals surface area contributed by atoms with E-state index in [-0.39, 0.29) is 17.7 Å². The molecule has 1 aliphatic carbocycles. The van der Waals surface area contributed by atoms with Crippen molar-refractivity contribution in [1.29, 1.82) is 0 Å².